The van der Waals surface area contributed by atoms with Gasteiger partial charge in [0.2, 0.25) is 0 Å². The molecule has 1 saturated carbocycles. The van der Waals surface area contributed by atoms with E-state index in [-0.39, 0.29) is 6.54 Å². The molecule has 112 valence electrons. The quantitative estimate of drug-likeness (QED) is 0.715. The van der Waals surface area contributed by atoms with Crippen molar-refractivity contribution in [3.05, 3.63) is 35.9 Å². The first-order valence-corrected chi connectivity index (χ1v) is 7.40. The van der Waals surface area contributed by atoms with Crippen LogP contribution >= 0.6 is 0 Å². The fraction of sp³-hybridized carbons (Fsp3) is 0.625. The first-order chi connectivity index (χ1) is 9.69. The van der Waals surface area contributed by atoms with E-state index < -0.39 is 5.60 Å². The number of methoxy groups -OCH3 is 1. The molecular formula is C16H26N2O2. The molecule has 0 bridgehead atoms. The molecule has 1 atom stereocenters. The molecule has 3 N–H and O–H groups in total. The lowest BCUT2D eigenvalue weighted by atomic mass is 9.90. The first-order valence-electron chi connectivity index (χ1n) is 7.40. The molecule has 1 fully saturated rings. The molecular weight excluding hydrogens is 252 g/mol. The fourth-order valence-electron chi connectivity index (χ4n) is 2.57. The number of ether oxygens (including phenoxy) is 1. The van der Waals surface area contributed by atoms with E-state index in [0.29, 0.717) is 12.5 Å². The van der Waals surface area contributed by atoms with E-state index in [9.17, 15) is 5.11 Å². The number of hydrogen-bond acceptors (Lipinski definition) is 4. The van der Waals surface area contributed by atoms with Crippen molar-refractivity contribution in [2.24, 2.45) is 5.73 Å². The second kappa shape index (κ2) is 7.18. The number of hydrogen-bond donors (Lipinski definition) is 2. The van der Waals surface area contributed by atoms with Crippen LogP contribution in [0, 0.1) is 0 Å². The lowest BCUT2D eigenvalue weighted by molar-refractivity contribution is 0.0219. The Balaban J connectivity index is 1.95. The average molecular weight is 278 g/mol. The number of nitrogens with two attached hydrogens (primary N) is 1. The van der Waals surface area contributed by atoms with Crippen molar-refractivity contribution >= 4 is 0 Å². The Hall–Kier alpha value is -0.940. The van der Waals surface area contributed by atoms with Gasteiger partial charge in [0.05, 0.1) is 6.61 Å². The molecule has 0 amide bonds. The van der Waals surface area contributed by atoms with Crippen molar-refractivity contribution in [3.8, 4) is 0 Å². The molecule has 1 aromatic carbocycles. The van der Waals surface area contributed by atoms with Gasteiger partial charge in [-0.2, -0.15) is 0 Å². The Morgan fingerprint density at radius 2 is 2.00 bits per heavy atom. The van der Waals surface area contributed by atoms with Crippen molar-refractivity contribution in [2.45, 2.75) is 30.9 Å². The van der Waals surface area contributed by atoms with Gasteiger partial charge in [-0.3, -0.25) is 4.90 Å². The van der Waals surface area contributed by atoms with Crippen LogP contribution in [-0.2, 0) is 10.3 Å². The van der Waals surface area contributed by atoms with Gasteiger partial charge in [0, 0.05) is 32.8 Å². The average Bonchev–Trinajstić information content (AvgIpc) is 3.32. The molecule has 0 spiro atoms. The zero-order valence-electron chi connectivity index (χ0n) is 12.3. The molecule has 0 saturated heterocycles. The van der Waals surface area contributed by atoms with Crippen molar-refractivity contribution < 1.29 is 9.84 Å². The third-order valence-corrected chi connectivity index (χ3v) is 4.11. The van der Waals surface area contributed by atoms with Crippen LogP contribution in [-0.4, -0.2) is 49.4 Å². The zero-order valence-corrected chi connectivity index (χ0v) is 12.3. The number of rotatable bonds is 9. The molecule has 20 heavy (non-hydrogen) atoms. The van der Waals surface area contributed by atoms with Crippen molar-refractivity contribution in [2.75, 3.05) is 33.4 Å². The summed E-state index contributed by atoms with van der Waals surface area (Å²) < 4.78 is 5.16. The van der Waals surface area contributed by atoms with E-state index in [4.69, 9.17) is 10.5 Å². The topological polar surface area (TPSA) is 58.7 Å². The summed E-state index contributed by atoms with van der Waals surface area (Å²) in [5.74, 6) is 0. The van der Waals surface area contributed by atoms with Crippen LogP contribution in [0.25, 0.3) is 0 Å². The minimum absolute atomic E-state index is 0.250. The zero-order chi connectivity index (χ0) is 14.4. The molecule has 1 aromatic rings. The fourth-order valence-corrected chi connectivity index (χ4v) is 2.57. The Morgan fingerprint density at radius 1 is 1.30 bits per heavy atom. The van der Waals surface area contributed by atoms with E-state index in [1.54, 1.807) is 7.11 Å². The molecule has 2 rings (SSSR count). The SMILES string of the molecule is COCCN(CCC(O)(CN)c1ccccc1)C1CC1. The maximum absolute atomic E-state index is 10.8. The Labute approximate surface area is 121 Å². The normalized spacial score (nSPS) is 18.2. The van der Waals surface area contributed by atoms with Gasteiger partial charge in [-0.15, -0.1) is 0 Å². The van der Waals surface area contributed by atoms with Crippen LogP contribution in [0.3, 0.4) is 0 Å². The third-order valence-electron chi connectivity index (χ3n) is 4.11. The Bertz CT molecular complexity index is 395. The Morgan fingerprint density at radius 3 is 2.55 bits per heavy atom. The summed E-state index contributed by atoms with van der Waals surface area (Å²) in [5.41, 5.74) is 5.80. The summed E-state index contributed by atoms with van der Waals surface area (Å²) in [6.07, 6.45) is 3.18. The third kappa shape index (κ3) is 4.03. The molecule has 1 aliphatic rings. The molecule has 0 aromatic heterocycles. The molecule has 1 aliphatic carbocycles. The molecule has 4 heteroatoms. The smallest absolute Gasteiger partial charge is 0.103 e. The van der Waals surface area contributed by atoms with Gasteiger partial charge in [0.15, 0.2) is 0 Å². The van der Waals surface area contributed by atoms with Gasteiger partial charge in [-0.05, 0) is 24.8 Å². The summed E-state index contributed by atoms with van der Waals surface area (Å²) in [5, 5.41) is 10.8. The highest BCUT2D eigenvalue weighted by molar-refractivity contribution is 5.22. The maximum atomic E-state index is 10.8. The number of aliphatic hydroxyl groups is 1. The van der Waals surface area contributed by atoms with Gasteiger partial charge in [0.1, 0.15) is 5.60 Å². The second-order valence-electron chi connectivity index (χ2n) is 5.61. The number of benzene rings is 1. The largest absolute Gasteiger partial charge is 0.384 e. The van der Waals surface area contributed by atoms with Gasteiger partial charge in [0.25, 0.3) is 0 Å². The molecule has 0 heterocycles. The van der Waals surface area contributed by atoms with E-state index in [2.05, 4.69) is 4.90 Å². The first kappa shape index (κ1) is 15.4. The summed E-state index contributed by atoms with van der Waals surface area (Å²) in [4.78, 5) is 2.41. The molecule has 0 radical (unpaired) electrons. The maximum Gasteiger partial charge on any atom is 0.103 e. The van der Waals surface area contributed by atoms with E-state index in [1.165, 1.54) is 12.8 Å². The van der Waals surface area contributed by atoms with E-state index >= 15 is 0 Å². The van der Waals surface area contributed by atoms with Crippen LogP contribution < -0.4 is 5.73 Å². The highest BCUT2D eigenvalue weighted by atomic mass is 16.5. The lowest BCUT2D eigenvalue weighted by Gasteiger charge is -2.31. The van der Waals surface area contributed by atoms with Gasteiger partial charge >= 0.3 is 0 Å². The summed E-state index contributed by atoms with van der Waals surface area (Å²) >= 11 is 0. The highest BCUT2D eigenvalue weighted by Gasteiger charge is 2.32. The number of nitrogens with zero attached hydrogens (tertiary/aromatic N) is 1. The summed E-state index contributed by atoms with van der Waals surface area (Å²) in [7, 11) is 1.73. The second-order valence-corrected chi connectivity index (χ2v) is 5.61. The van der Waals surface area contributed by atoms with Gasteiger partial charge < -0.3 is 15.6 Å². The van der Waals surface area contributed by atoms with Gasteiger partial charge in [-0.1, -0.05) is 30.3 Å². The minimum Gasteiger partial charge on any atom is -0.384 e. The summed E-state index contributed by atoms with van der Waals surface area (Å²) in [6.45, 7) is 2.77. The molecule has 4 nitrogen and oxygen atoms in total. The summed E-state index contributed by atoms with van der Waals surface area (Å²) in [6, 6.07) is 10.4. The lowest BCUT2D eigenvalue weighted by Crippen LogP contribution is -2.40. The van der Waals surface area contributed by atoms with Crippen molar-refractivity contribution in [1.29, 1.82) is 0 Å². The predicted molar refractivity (Wildman–Crippen MR) is 80.5 cm³/mol. The van der Waals surface area contributed by atoms with E-state index in [1.807, 2.05) is 30.3 Å². The monoisotopic (exact) mass is 278 g/mol. The minimum atomic E-state index is -0.929. The molecule has 0 aliphatic heterocycles. The standard InChI is InChI=1S/C16H26N2O2/c1-20-12-11-18(15-7-8-15)10-9-16(19,13-17)14-5-3-2-4-6-14/h2-6,15,19H,7-13,17H2,1H3. The van der Waals surface area contributed by atoms with Crippen LogP contribution in [0.5, 0.6) is 0 Å². The predicted octanol–water partition coefficient (Wildman–Crippen LogP) is 1.33. The molecule has 1 unspecified atom stereocenters. The van der Waals surface area contributed by atoms with Crippen LogP contribution in [0.1, 0.15) is 24.8 Å². The highest BCUT2D eigenvalue weighted by Crippen LogP contribution is 2.29. The van der Waals surface area contributed by atoms with Crippen LogP contribution in [0.15, 0.2) is 30.3 Å². The van der Waals surface area contributed by atoms with E-state index in [0.717, 1.165) is 25.3 Å². The van der Waals surface area contributed by atoms with Crippen molar-refractivity contribution in [1.82, 2.24) is 4.90 Å². The van der Waals surface area contributed by atoms with Gasteiger partial charge in [-0.25, -0.2) is 0 Å². The van der Waals surface area contributed by atoms with Crippen molar-refractivity contribution in [3.63, 3.8) is 0 Å². The van der Waals surface area contributed by atoms with Crippen LogP contribution in [0.4, 0.5) is 0 Å². The van der Waals surface area contributed by atoms with Crippen LogP contribution in [0.2, 0.25) is 0 Å². The Kier molecular flexibility index (Phi) is 5.54.